The first-order valence-electron chi connectivity index (χ1n) is 6.62. The number of ether oxygens (including phenoxy) is 2. The highest BCUT2D eigenvalue weighted by Crippen LogP contribution is 2.30. The van der Waals surface area contributed by atoms with Gasteiger partial charge in [0, 0.05) is 7.11 Å². The quantitative estimate of drug-likeness (QED) is 0.831. The van der Waals surface area contributed by atoms with Crippen LogP contribution in [0.25, 0.3) is 0 Å². The number of aryl methyl sites for hydroxylation is 1. The summed E-state index contributed by atoms with van der Waals surface area (Å²) in [5.41, 5.74) is 1.07. The summed E-state index contributed by atoms with van der Waals surface area (Å²) in [5.74, 6) is 0.468. The molecule has 0 fully saturated rings. The van der Waals surface area contributed by atoms with Crippen LogP contribution in [0.3, 0.4) is 0 Å². The molecule has 0 heterocycles. The van der Waals surface area contributed by atoms with E-state index in [0.717, 1.165) is 5.56 Å². The van der Waals surface area contributed by atoms with Crippen LogP contribution in [0.1, 0.15) is 5.56 Å². The predicted octanol–water partition coefficient (Wildman–Crippen LogP) is 3.48. The minimum Gasteiger partial charge on any atom is -0.490 e. The van der Waals surface area contributed by atoms with Crippen molar-refractivity contribution in [2.75, 3.05) is 20.3 Å². The van der Waals surface area contributed by atoms with E-state index in [1.165, 1.54) is 0 Å². The Morgan fingerprint density at radius 2 is 1.71 bits per heavy atom. The van der Waals surface area contributed by atoms with Gasteiger partial charge < -0.3 is 9.47 Å². The van der Waals surface area contributed by atoms with Crippen LogP contribution in [0.4, 0.5) is 0 Å². The summed E-state index contributed by atoms with van der Waals surface area (Å²) in [5, 5.41) is 0. The molecule has 1 N–H and O–H groups in total. The number of hydrogen-bond donors (Lipinski definition) is 1. The van der Waals surface area contributed by atoms with Gasteiger partial charge in [0.25, 0.3) is 0 Å². The zero-order valence-corrected chi connectivity index (χ0v) is 13.0. The van der Waals surface area contributed by atoms with Gasteiger partial charge in [0.1, 0.15) is 22.1 Å². The average Bonchev–Trinajstić information content (AvgIpc) is 2.48. The smallest absolute Gasteiger partial charge is 0.136 e. The third-order valence-corrected chi connectivity index (χ3v) is 4.95. The highest BCUT2D eigenvalue weighted by Gasteiger charge is 2.18. The van der Waals surface area contributed by atoms with Crippen LogP contribution in [-0.4, -0.2) is 24.5 Å². The Balaban J connectivity index is 2.38. The maximum atomic E-state index is 12.9. The maximum Gasteiger partial charge on any atom is 0.136 e. The summed E-state index contributed by atoms with van der Waals surface area (Å²) < 4.78 is 31.8. The van der Waals surface area contributed by atoms with Gasteiger partial charge in [-0.05, 0) is 31.2 Å². The highest BCUT2D eigenvalue weighted by atomic mass is 32.2. The van der Waals surface area contributed by atoms with Crippen molar-refractivity contribution in [2.45, 2.75) is 16.7 Å². The minimum absolute atomic E-state index is 0.358. The maximum absolute atomic E-state index is 12.9. The molecule has 2 aromatic rings. The van der Waals surface area contributed by atoms with E-state index in [-0.39, 0.29) is 0 Å². The summed E-state index contributed by atoms with van der Waals surface area (Å²) in [6.45, 7) is 2.76. The second-order valence-corrected chi connectivity index (χ2v) is 6.68. The van der Waals surface area contributed by atoms with Crippen LogP contribution in [0, 0.1) is 11.7 Å². The number of methoxy groups -OCH3 is 1. The fourth-order valence-electron chi connectivity index (χ4n) is 1.90. The second kappa shape index (κ2) is 6.74. The van der Waals surface area contributed by atoms with Crippen LogP contribution in [-0.2, 0) is 14.5 Å². The summed E-state index contributed by atoms with van der Waals surface area (Å²) in [7, 11) is -1.50. The number of rotatable bonds is 6. The van der Waals surface area contributed by atoms with Gasteiger partial charge in [0.15, 0.2) is 0 Å². The van der Waals surface area contributed by atoms with Crippen molar-refractivity contribution in [3.63, 3.8) is 0 Å². The van der Waals surface area contributed by atoms with Crippen LogP contribution < -0.4 is 4.74 Å². The Kier molecular flexibility index (Phi) is 4.98. The molecule has 0 aliphatic carbocycles. The van der Waals surface area contributed by atoms with Crippen molar-refractivity contribution in [3.05, 3.63) is 54.1 Å². The molecule has 0 unspecified atom stereocenters. The molecule has 0 saturated carbocycles. The van der Waals surface area contributed by atoms with Crippen molar-refractivity contribution < 1.29 is 13.7 Å². The molecule has 0 aliphatic rings. The zero-order chi connectivity index (χ0) is 15.3. The van der Waals surface area contributed by atoms with Crippen molar-refractivity contribution in [1.82, 2.24) is 0 Å². The van der Waals surface area contributed by atoms with Crippen LogP contribution in [0.2, 0.25) is 0 Å². The van der Waals surface area contributed by atoms with Gasteiger partial charge in [-0.1, -0.05) is 29.8 Å². The molecule has 0 saturated heterocycles. The molecule has 112 valence electrons. The first-order valence-corrected chi connectivity index (χ1v) is 8.18. The Labute approximate surface area is 125 Å². The van der Waals surface area contributed by atoms with Gasteiger partial charge in [0.2, 0.25) is 0 Å². The molecule has 0 aliphatic heterocycles. The summed E-state index contributed by atoms with van der Waals surface area (Å²) in [4.78, 5) is 0.876. The Bertz CT molecular complexity index is 694. The SMILES string of the molecule is COCCOc1ccccc1[S@@](=N)(=O)c1ccc(C)cc1. The Hall–Kier alpha value is -1.85. The molecule has 0 aromatic heterocycles. The topological polar surface area (TPSA) is 59.4 Å². The van der Waals surface area contributed by atoms with E-state index in [2.05, 4.69) is 0 Å². The largest absolute Gasteiger partial charge is 0.490 e. The minimum atomic E-state index is -3.09. The number of benzene rings is 2. The predicted molar refractivity (Wildman–Crippen MR) is 82.4 cm³/mol. The monoisotopic (exact) mass is 305 g/mol. The first kappa shape index (κ1) is 15.5. The molecule has 0 spiro atoms. The zero-order valence-electron chi connectivity index (χ0n) is 12.2. The fraction of sp³-hybridized carbons (Fsp3) is 0.250. The van der Waals surface area contributed by atoms with Crippen molar-refractivity contribution in [1.29, 1.82) is 4.78 Å². The molecule has 2 rings (SSSR count). The van der Waals surface area contributed by atoms with Crippen molar-refractivity contribution in [2.24, 2.45) is 0 Å². The normalized spacial score (nSPS) is 13.6. The van der Waals surface area contributed by atoms with Crippen LogP contribution in [0.15, 0.2) is 58.3 Å². The van der Waals surface area contributed by atoms with Gasteiger partial charge in [-0.3, -0.25) is 0 Å². The van der Waals surface area contributed by atoms with Gasteiger partial charge in [-0.25, -0.2) is 8.99 Å². The molecule has 0 radical (unpaired) electrons. The van der Waals surface area contributed by atoms with Crippen LogP contribution >= 0.6 is 0 Å². The van der Waals surface area contributed by atoms with Crippen molar-refractivity contribution >= 4 is 9.73 Å². The third-order valence-electron chi connectivity index (χ3n) is 3.06. The van der Waals surface area contributed by atoms with Crippen molar-refractivity contribution in [3.8, 4) is 5.75 Å². The first-order chi connectivity index (χ1) is 10.1. The third kappa shape index (κ3) is 3.62. The standard InChI is InChI=1S/C16H19NO3S/c1-13-7-9-14(10-8-13)21(17,18)16-6-4-3-5-15(16)20-12-11-19-2/h3-10,17H,11-12H2,1-2H3/t21-/m0/s1. The molecular formula is C16H19NO3S. The number of hydrogen-bond acceptors (Lipinski definition) is 4. The summed E-state index contributed by atoms with van der Waals surface area (Å²) in [6, 6.07) is 14.2. The molecule has 4 nitrogen and oxygen atoms in total. The summed E-state index contributed by atoms with van der Waals surface area (Å²) in [6.07, 6.45) is 0. The van der Waals surface area contributed by atoms with Crippen LogP contribution in [0.5, 0.6) is 5.75 Å². The van der Waals surface area contributed by atoms with Gasteiger partial charge >= 0.3 is 0 Å². The van der Waals surface area contributed by atoms with E-state index >= 15 is 0 Å². The van der Waals surface area contributed by atoms with E-state index in [1.54, 1.807) is 43.5 Å². The summed E-state index contributed by atoms with van der Waals surface area (Å²) >= 11 is 0. The molecule has 0 amide bonds. The molecule has 21 heavy (non-hydrogen) atoms. The molecule has 0 bridgehead atoms. The van der Waals surface area contributed by atoms with E-state index in [4.69, 9.17) is 14.3 Å². The molecule has 5 heteroatoms. The van der Waals surface area contributed by atoms with E-state index < -0.39 is 9.73 Å². The number of para-hydroxylation sites is 1. The lowest BCUT2D eigenvalue weighted by Crippen LogP contribution is -2.08. The van der Waals surface area contributed by atoms with Gasteiger partial charge in [-0.2, -0.15) is 0 Å². The second-order valence-electron chi connectivity index (χ2n) is 4.66. The Morgan fingerprint density at radius 3 is 2.38 bits per heavy atom. The fourth-order valence-corrected chi connectivity index (χ4v) is 3.35. The molecular weight excluding hydrogens is 286 g/mol. The highest BCUT2D eigenvalue weighted by molar-refractivity contribution is 7.92. The van der Waals surface area contributed by atoms with E-state index in [0.29, 0.717) is 28.8 Å². The Morgan fingerprint density at radius 1 is 1.05 bits per heavy atom. The molecule has 2 aromatic carbocycles. The van der Waals surface area contributed by atoms with E-state index in [9.17, 15) is 4.21 Å². The lowest BCUT2D eigenvalue weighted by Gasteiger charge is -2.14. The lowest BCUT2D eigenvalue weighted by molar-refractivity contribution is 0.144. The number of nitrogens with one attached hydrogen (secondary N) is 1. The molecule has 1 atom stereocenters. The van der Waals surface area contributed by atoms with Gasteiger partial charge in [-0.15, -0.1) is 0 Å². The lowest BCUT2D eigenvalue weighted by atomic mass is 10.2. The van der Waals surface area contributed by atoms with E-state index in [1.807, 2.05) is 19.1 Å². The average molecular weight is 305 g/mol. The van der Waals surface area contributed by atoms with Gasteiger partial charge in [0.05, 0.1) is 16.4 Å².